The van der Waals surface area contributed by atoms with Crippen LogP contribution in [-0.2, 0) is 6.61 Å². The predicted octanol–water partition coefficient (Wildman–Crippen LogP) is 4.62. The van der Waals surface area contributed by atoms with Crippen molar-refractivity contribution in [3.63, 3.8) is 0 Å². The van der Waals surface area contributed by atoms with Gasteiger partial charge in [0.05, 0.1) is 6.61 Å². The second kappa shape index (κ2) is 11.9. The van der Waals surface area contributed by atoms with Gasteiger partial charge in [-0.25, -0.2) is 4.79 Å². The molecule has 8 heteroatoms. The Balaban J connectivity index is 1.63. The first-order valence-corrected chi connectivity index (χ1v) is 10.4. The van der Waals surface area contributed by atoms with Crippen molar-refractivity contribution in [3.8, 4) is 11.5 Å². The first-order chi connectivity index (χ1) is 16.1. The maximum absolute atomic E-state index is 12.7. The largest absolute Gasteiger partial charge is 0.490 e. The highest BCUT2D eigenvalue weighted by molar-refractivity contribution is 6.04. The Kier molecular flexibility index (Phi) is 8.41. The molecule has 33 heavy (non-hydrogen) atoms. The van der Waals surface area contributed by atoms with Gasteiger partial charge in [-0.1, -0.05) is 12.1 Å². The zero-order valence-electron chi connectivity index (χ0n) is 18.3. The van der Waals surface area contributed by atoms with E-state index in [0.717, 1.165) is 5.56 Å². The van der Waals surface area contributed by atoms with Gasteiger partial charge in [-0.2, -0.15) is 0 Å². The lowest BCUT2D eigenvalue weighted by Crippen LogP contribution is -2.28. The number of urea groups is 1. The molecule has 0 saturated carbocycles. The number of nitrogens with zero attached hydrogens (tertiary/aromatic N) is 1. The van der Waals surface area contributed by atoms with Crippen molar-refractivity contribution in [2.45, 2.75) is 13.5 Å². The van der Waals surface area contributed by atoms with Gasteiger partial charge in [0.1, 0.15) is 6.61 Å². The van der Waals surface area contributed by atoms with Crippen molar-refractivity contribution >= 4 is 23.3 Å². The fourth-order valence-electron chi connectivity index (χ4n) is 2.86. The van der Waals surface area contributed by atoms with E-state index in [-0.39, 0.29) is 11.9 Å². The lowest BCUT2D eigenvalue weighted by molar-refractivity contribution is 0.102. The van der Waals surface area contributed by atoms with E-state index in [0.29, 0.717) is 48.2 Å². The van der Waals surface area contributed by atoms with E-state index in [1.54, 1.807) is 60.9 Å². The Labute approximate surface area is 192 Å². The molecule has 3 amide bonds. The number of pyridine rings is 1. The van der Waals surface area contributed by atoms with Crippen molar-refractivity contribution in [1.82, 2.24) is 10.3 Å². The van der Waals surface area contributed by atoms with E-state index in [1.807, 2.05) is 19.1 Å². The standard InChI is InChI=1S/C25H26N4O4/c1-3-13-27-25(31)29-21-10-8-20(9-11-21)28-24(30)19-7-12-22(23(15-19)32-4-2)33-17-18-6-5-14-26-16-18/h3,5-12,14-16H,1,4,13,17H2,2H3,(H,28,30)(H2,27,29,31). The zero-order chi connectivity index (χ0) is 23.5. The van der Waals surface area contributed by atoms with Crippen molar-refractivity contribution in [2.24, 2.45) is 0 Å². The van der Waals surface area contributed by atoms with Crippen LogP contribution in [0.15, 0.2) is 79.6 Å². The topological polar surface area (TPSA) is 102 Å². The van der Waals surface area contributed by atoms with Gasteiger partial charge in [0.2, 0.25) is 0 Å². The predicted molar refractivity (Wildman–Crippen MR) is 128 cm³/mol. The minimum Gasteiger partial charge on any atom is -0.490 e. The second-order valence-electron chi connectivity index (χ2n) is 6.90. The molecule has 3 aromatic rings. The van der Waals surface area contributed by atoms with Crippen LogP contribution in [0.5, 0.6) is 11.5 Å². The van der Waals surface area contributed by atoms with Crippen molar-refractivity contribution in [1.29, 1.82) is 0 Å². The third kappa shape index (κ3) is 7.10. The van der Waals surface area contributed by atoms with Crippen LogP contribution in [-0.4, -0.2) is 30.1 Å². The molecule has 0 unspecified atom stereocenters. The number of carbonyl (C=O) groups is 2. The molecule has 0 fully saturated rings. The highest BCUT2D eigenvalue weighted by atomic mass is 16.5. The molecule has 0 radical (unpaired) electrons. The Morgan fingerprint density at radius 3 is 2.42 bits per heavy atom. The van der Waals surface area contributed by atoms with Crippen molar-refractivity contribution < 1.29 is 19.1 Å². The average molecular weight is 447 g/mol. The van der Waals surface area contributed by atoms with Gasteiger partial charge in [0, 0.05) is 41.4 Å². The van der Waals surface area contributed by atoms with Gasteiger partial charge in [-0.3, -0.25) is 9.78 Å². The summed E-state index contributed by atoms with van der Waals surface area (Å²) in [5.41, 5.74) is 2.55. The van der Waals surface area contributed by atoms with Crippen LogP contribution in [0.3, 0.4) is 0 Å². The summed E-state index contributed by atoms with van der Waals surface area (Å²) in [6.07, 6.45) is 5.03. The van der Waals surface area contributed by atoms with Crippen molar-refractivity contribution in [2.75, 3.05) is 23.8 Å². The minimum absolute atomic E-state index is 0.292. The van der Waals surface area contributed by atoms with Gasteiger partial charge >= 0.3 is 6.03 Å². The van der Waals surface area contributed by atoms with Crippen molar-refractivity contribution in [3.05, 3.63) is 90.8 Å². The fraction of sp³-hybridized carbons (Fsp3) is 0.160. The number of anilines is 2. The molecular weight excluding hydrogens is 420 g/mol. The number of benzene rings is 2. The highest BCUT2D eigenvalue weighted by Gasteiger charge is 2.13. The zero-order valence-corrected chi connectivity index (χ0v) is 18.3. The number of hydrogen-bond acceptors (Lipinski definition) is 5. The van der Waals surface area contributed by atoms with E-state index in [2.05, 4.69) is 27.5 Å². The van der Waals surface area contributed by atoms with Crippen LogP contribution in [0.2, 0.25) is 0 Å². The molecule has 0 aliphatic rings. The van der Waals surface area contributed by atoms with E-state index in [4.69, 9.17) is 9.47 Å². The van der Waals surface area contributed by atoms with Gasteiger partial charge in [-0.15, -0.1) is 6.58 Å². The lowest BCUT2D eigenvalue weighted by atomic mass is 10.1. The molecule has 170 valence electrons. The van der Waals surface area contributed by atoms with Crippen LogP contribution in [0.25, 0.3) is 0 Å². The Bertz CT molecular complexity index is 1090. The molecule has 0 saturated heterocycles. The number of nitrogens with one attached hydrogen (secondary N) is 3. The molecule has 0 spiro atoms. The van der Waals surface area contributed by atoms with Crippen LogP contribution < -0.4 is 25.4 Å². The van der Waals surface area contributed by atoms with Gasteiger partial charge in [0.25, 0.3) is 5.91 Å². The Morgan fingerprint density at radius 2 is 1.76 bits per heavy atom. The summed E-state index contributed by atoms with van der Waals surface area (Å²) in [6.45, 7) is 6.56. The summed E-state index contributed by atoms with van der Waals surface area (Å²) in [7, 11) is 0. The third-order valence-corrected chi connectivity index (χ3v) is 4.43. The van der Waals surface area contributed by atoms with Crippen LogP contribution >= 0.6 is 0 Å². The SMILES string of the molecule is C=CCNC(=O)Nc1ccc(NC(=O)c2ccc(OCc3cccnc3)c(OCC)c2)cc1. The third-order valence-electron chi connectivity index (χ3n) is 4.43. The summed E-state index contributed by atoms with van der Waals surface area (Å²) >= 11 is 0. The summed E-state index contributed by atoms with van der Waals surface area (Å²) in [6, 6.07) is 15.3. The number of carbonyl (C=O) groups excluding carboxylic acids is 2. The molecule has 3 N–H and O–H groups in total. The lowest BCUT2D eigenvalue weighted by Gasteiger charge is -2.14. The van der Waals surface area contributed by atoms with Crippen LogP contribution in [0.4, 0.5) is 16.2 Å². The monoisotopic (exact) mass is 446 g/mol. The number of aromatic nitrogens is 1. The molecule has 2 aromatic carbocycles. The summed E-state index contributed by atoms with van der Waals surface area (Å²) in [5.74, 6) is 0.737. The molecule has 1 aromatic heterocycles. The highest BCUT2D eigenvalue weighted by Crippen LogP contribution is 2.29. The van der Waals surface area contributed by atoms with Gasteiger partial charge in [0.15, 0.2) is 11.5 Å². The summed E-state index contributed by atoms with van der Waals surface area (Å²) < 4.78 is 11.5. The maximum Gasteiger partial charge on any atom is 0.319 e. The molecular formula is C25H26N4O4. The minimum atomic E-state index is -0.332. The Hall–Kier alpha value is -4.33. The van der Waals surface area contributed by atoms with E-state index < -0.39 is 0 Å². The molecule has 0 aliphatic heterocycles. The molecule has 8 nitrogen and oxygen atoms in total. The number of rotatable bonds is 10. The Morgan fingerprint density at radius 1 is 1.00 bits per heavy atom. The van der Waals surface area contributed by atoms with Gasteiger partial charge < -0.3 is 25.4 Å². The first-order valence-electron chi connectivity index (χ1n) is 10.4. The maximum atomic E-state index is 12.7. The molecule has 0 aliphatic carbocycles. The second-order valence-corrected chi connectivity index (χ2v) is 6.90. The molecule has 1 heterocycles. The molecule has 3 rings (SSSR count). The molecule has 0 atom stereocenters. The first kappa shape index (κ1) is 23.3. The van der Waals surface area contributed by atoms with E-state index in [1.165, 1.54) is 0 Å². The van der Waals surface area contributed by atoms with E-state index >= 15 is 0 Å². The summed E-state index contributed by atoms with van der Waals surface area (Å²) in [5, 5.41) is 8.15. The average Bonchev–Trinajstić information content (AvgIpc) is 2.84. The quantitative estimate of drug-likeness (QED) is 0.395. The number of ether oxygens (including phenoxy) is 2. The summed E-state index contributed by atoms with van der Waals surface area (Å²) in [4.78, 5) is 28.5. The smallest absolute Gasteiger partial charge is 0.319 e. The van der Waals surface area contributed by atoms with E-state index in [9.17, 15) is 9.59 Å². The van der Waals surface area contributed by atoms with Gasteiger partial charge in [-0.05, 0) is 55.5 Å². The normalized spacial score (nSPS) is 10.1. The number of amides is 3. The van der Waals surface area contributed by atoms with Crippen LogP contribution in [0, 0.1) is 0 Å². The fourth-order valence-corrected chi connectivity index (χ4v) is 2.86. The number of hydrogen-bond donors (Lipinski definition) is 3. The van der Waals surface area contributed by atoms with Crippen LogP contribution in [0.1, 0.15) is 22.8 Å². The molecule has 0 bridgehead atoms.